The summed E-state index contributed by atoms with van der Waals surface area (Å²) in [5.74, 6) is 0.469. The van der Waals surface area contributed by atoms with Crippen molar-refractivity contribution in [3.05, 3.63) is 11.8 Å². The highest BCUT2D eigenvalue weighted by Crippen LogP contribution is 2.16. The Kier molecular flexibility index (Phi) is 4.64. The van der Waals surface area contributed by atoms with Crippen molar-refractivity contribution in [3.63, 3.8) is 0 Å². The number of likely N-dealkylation sites (tertiary alicyclic amines) is 1. The highest BCUT2D eigenvalue weighted by atomic mass is 32.2. The van der Waals surface area contributed by atoms with Crippen molar-refractivity contribution in [1.29, 1.82) is 0 Å². The Bertz CT molecular complexity index is 625. The Hall–Kier alpha value is -1.45. The molecule has 2 rings (SSSR count). The van der Waals surface area contributed by atoms with Crippen molar-refractivity contribution in [3.8, 4) is 0 Å². The zero-order chi connectivity index (χ0) is 15.6. The predicted molar refractivity (Wildman–Crippen MR) is 79.4 cm³/mol. The van der Waals surface area contributed by atoms with Crippen LogP contribution >= 0.6 is 0 Å². The zero-order valence-electron chi connectivity index (χ0n) is 12.5. The summed E-state index contributed by atoms with van der Waals surface area (Å²) in [5, 5.41) is 6.48. The summed E-state index contributed by atoms with van der Waals surface area (Å²) in [6.07, 6.45) is 0.543. The summed E-state index contributed by atoms with van der Waals surface area (Å²) in [5.41, 5.74) is 0.828. The lowest BCUT2D eigenvalue weighted by Gasteiger charge is -2.15. The Morgan fingerprint density at radius 3 is 2.81 bits per heavy atom. The second kappa shape index (κ2) is 6.12. The van der Waals surface area contributed by atoms with Crippen LogP contribution < -0.4 is 10.0 Å². The first kappa shape index (κ1) is 15.9. The maximum absolute atomic E-state index is 12.0. The number of aromatic nitrogens is 2. The van der Waals surface area contributed by atoms with Crippen molar-refractivity contribution in [1.82, 2.24) is 19.4 Å². The molecule has 8 nitrogen and oxygen atoms in total. The Balaban J connectivity index is 1.89. The molecule has 2 N–H and O–H groups in total. The van der Waals surface area contributed by atoms with Crippen LogP contribution in [-0.2, 0) is 21.9 Å². The van der Waals surface area contributed by atoms with Gasteiger partial charge in [0.2, 0.25) is 15.9 Å². The monoisotopic (exact) mass is 315 g/mol. The standard InChI is InChI=1S/C12H21N5O3S/c1-9-6-11(16(3)15-9)14-12(18)8-17-5-4-10(7-17)21(19,20)13-2/h6,10,13H,4-5,7-8H2,1-3H3,(H,14,18). The Morgan fingerprint density at radius 2 is 2.24 bits per heavy atom. The van der Waals surface area contributed by atoms with Crippen LogP contribution in [0.3, 0.4) is 0 Å². The molecule has 1 saturated heterocycles. The van der Waals surface area contributed by atoms with Gasteiger partial charge >= 0.3 is 0 Å². The molecule has 1 atom stereocenters. The van der Waals surface area contributed by atoms with Crippen molar-refractivity contribution in [2.45, 2.75) is 18.6 Å². The summed E-state index contributed by atoms with van der Waals surface area (Å²) >= 11 is 0. The molecule has 0 bridgehead atoms. The van der Waals surface area contributed by atoms with Crippen LogP contribution in [0, 0.1) is 6.92 Å². The summed E-state index contributed by atoms with van der Waals surface area (Å²) in [6, 6.07) is 1.79. The van der Waals surface area contributed by atoms with Crippen molar-refractivity contribution in [2.75, 3.05) is 32.0 Å². The molecular formula is C12H21N5O3S. The third-order valence-corrected chi connectivity index (χ3v) is 5.42. The molecule has 9 heteroatoms. The van der Waals surface area contributed by atoms with E-state index in [1.54, 1.807) is 17.8 Å². The smallest absolute Gasteiger partial charge is 0.239 e. The van der Waals surface area contributed by atoms with Crippen molar-refractivity contribution in [2.24, 2.45) is 7.05 Å². The molecule has 2 heterocycles. The first-order valence-corrected chi connectivity index (χ1v) is 8.31. The predicted octanol–water partition coefficient (Wildman–Crippen LogP) is -0.709. The maximum atomic E-state index is 12.0. The summed E-state index contributed by atoms with van der Waals surface area (Å²) in [7, 11) is -0.0963. The quantitative estimate of drug-likeness (QED) is 0.748. The van der Waals surface area contributed by atoms with Gasteiger partial charge in [0.05, 0.1) is 17.5 Å². The fourth-order valence-electron chi connectivity index (χ4n) is 2.47. The molecular weight excluding hydrogens is 294 g/mol. The van der Waals surface area contributed by atoms with E-state index in [4.69, 9.17) is 0 Å². The van der Waals surface area contributed by atoms with E-state index in [2.05, 4.69) is 15.1 Å². The van der Waals surface area contributed by atoms with Gasteiger partial charge in [0.25, 0.3) is 0 Å². The Morgan fingerprint density at radius 1 is 1.52 bits per heavy atom. The lowest BCUT2D eigenvalue weighted by molar-refractivity contribution is -0.117. The van der Waals surface area contributed by atoms with Crippen molar-refractivity contribution >= 4 is 21.7 Å². The molecule has 0 saturated carbocycles. The van der Waals surface area contributed by atoms with Crippen LogP contribution in [0.15, 0.2) is 6.07 Å². The fraction of sp³-hybridized carbons (Fsp3) is 0.667. The SMILES string of the molecule is CNS(=O)(=O)C1CCN(CC(=O)Nc2cc(C)nn2C)C1. The summed E-state index contributed by atoms with van der Waals surface area (Å²) in [4.78, 5) is 13.8. The van der Waals surface area contributed by atoms with Crippen LogP contribution in [0.25, 0.3) is 0 Å². The number of hydrogen-bond donors (Lipinski definition) is 2. The molecule has 0 aromatic carbocycles. The van der Waals surface area contributed by atoms with Gasteiger partial charge in [0.15, 0.2) is 0 Å². The number of nitrogens with zero attached hydrogens (tertiary/aromatic N) is 3. The van der Waals surface area contributed by atoms with Crippen LogP contribution in [0.1, 0.15) is 12.1 Å². The summed E-state index contributed by atoms with van der Waals surface area (Å²) in [6.45, 7) is 3.01. The molecule has 21 heavy (non-hydrogen) atoms. The first-order valence-electron chi connectivity index (χ1n) is 6.77. The van der Waals surface area contributed by atoms with Gasteiger partial charge in [-0.25, -0.2) is 13.1 Å². The normalized spacial score (nSPS) is 19.9. The van der Waals surface area contributed by atoms with Gasteiger partial charge in [-0.1, -0.05) is 0 Å². The number of rotatable bonds is 5. The van der Waals surface area contributed by atoms with Gasteiger partial charge in [-0.15, -0.1) is 0 Å². The summed E-state index contributed by atoms with van der Waals surface area (Å²) < 4.78 is 27.4. The number of carbonyl (C=O) groups is 1. The number of anilines is 1. The largest absolute Gasteiger partial charge is 0.310 e. The van der Waals surface area contributed by atoms with Gasteiger partial charge in [-0.2, -0.15) is 5.10 Å². The number of nitrogens with one attached hydrogen (secondary N) is 2. The van der Waals surface area contributed by atoms with E-state index in [0.29, 0.717) is 25.3 Å². The van der Waals surface area contributed by atoms with Crippen LogP contribution in [-0.4, -0.2) is 60.9 Å². The van der Waals surface area contributed by atoms with Crippen LogP contribution in [0.4, 0.5) is 5.82 Å². The van der Waals surface area contributed by atoms with E-state index in [-0.39, 0.29) is 12.5 Å². The third kappa shape index (κ3) is 3.80. The number of hydrogen-bond acceptors (Lipinski definition) is 5. The van der Waals surface area contributed by atoms with Crippen LogP contribution in [0.5, 0.6) is 0 Å². The average Bonchev–Trinajstić information content (AvgIpc) is 2.97. The molecule has 0 spiro atoms. The number of carbonyl (C=O) groups excluding carboxylic acids is 1. The topological polar surface area (TPSA) is 96.3 Å². The zero-order valence-corrected chi connectivity index (χ0v) is 13.3. The molecule has 0 radical (unpaired) electrons. The van der Waals surface area contributed by atoms with E-state index in [0.717, 1.165) is 5.69 Å². The fourth-order valence-corrected chi connectivity index (χ4v) is 3.63. The highest BCUT2D eigenvalue weighted by molar-refractivity contribution is 7.90. The molecule has 1 aromatic rings. The number of aryl methyl sites for hydroxylation is 2. The van der Waals surface area contributed by atoms with Gasteiger partial charge in [-0.05, 0) is 20.4 Å². The Labute approximate surface area is 124 Å². The van der Waals surface area contributed by atoms with E-state index >= 15 is 0 Å². The lowest BCUT2D eigenvalue weighted by atomic mass is 10.4. The second-order valence-corrected chi connectivity index (χ2v) is 7.40. The second-order valence-electron chi connectivity index (χ2n) is 5.24. The van der Waals surface area contributed by atoms with Gasteiger partial charge in [-0.3, -0.25) is 14.4 Å². The number of sulfonamides is 1. The van der Waals surface area contributed by atoms with E-state index in [1.807, 2.05) is 11.8 Å². The van der Waals surface area contributed by atoms with E-state index in [1.165, 1.54) is 7.05 Å². The molecule has 0 aliphatic carbocycles. The van der Waals surface area contributed by atoms with Gasteiger partial charge in [0, 0.05) is 26.2 Å². The van der Waals surface area contributed by atoms with Crippen LogP contribution in [0.2, 0.25) is 0 Å². The minimum absolute atomic E-state index is 0.166. The van der Waals surface area contributed by atoms with E-state index in [9.17, 15) is 13.2 Å². The van der Waals surface area contributed by atoms with E-state index < -0.39 is 15.3 Å². The van der Waals surface area contributed by atoms with Gasteiger partial charge < -0.3 is 5.32 Å². The molecule has 1 aliphatic heterocycles. The molecule has 1 aromatic heterocycles. The molecule has 1 unspecified atom stereocenters. The minimum Gasteiger partial charge on any atom is -0.310 e. The third-order valence-electron chi connectivity index (χ3n) is 3.59. The van der Waals surface area contributed by atoms with Crippen molar-refractivity contribution < 1.29 is 13.2 Å². The molecule has 118 valence electrons. The number of amides is 1. The maximum Gasteiger partial charge on any atom is 0.239 e. The minimum atomic E-state index is -3.27. The lowest BCUT2D eigenvalue weighted by Crippen LogP contribution is -2.36. The first-order chi connectivity index (χ1) is 9.81. The van der Waals surface area contributed by atoms with Gasteiger partial charge in [0.1, 0.15) is 5.82 Å². The average molecular weight is 315 g/mol. The molecule has 1 amide bonds. The highest BCUT2D eigenvalue weighted by Gasteiger charge is 2.32. The molecule has 1 fully saturated rings. The molecule has 1 aliphatic rings.